The van der Waals surface area contributed by atoms with Gasteiger partial charge < -0.3 is 9.52 Å². The van der Waals surface area contributed by atoms with E-state index in [1.165, 1.54) is 0 Å². The first-order valence-corrected chi connectivity index (χ1v) is 6.12. The molecule has 0 radical (unpaired) electrons. The summed E-state index contributed by atoms with van der Waals surface area (Å²) in [5.74, 6) is -0.535. The van der Waals surface area contributed by atoms with Gasteiger partial charge in [-0.2, -0.15) is 5.10 Å². The van der Waals surface area contributed by atoms with Gasteiger partial charge in [-0.15, -0.1) is 0 Å². The molecule has 0 saturated carbocycles. The van der Waals surface area contributed by atoms with Crippen molar-refractivity contribution < 1.29 is 14.3 Å². The van der Waals surface area contributed by atoms with Crippen molar-refractivity contribution in [2.45, 2.75) is 27.2 Å². The largest absolute Gasteiger partial charge is 0.475 e. The predicted molar refractivity (Wildman–Crippen MR) is 68.9 cm³/mol. The van der Waals surface area contributed by atoms with Crippen molar-refractivity contribution >= 4 is 5.97 Å². The van der Waals surface area contributed by atoms with Crippen LogP contribution in [0, 0.1) is 12.8 Å². The van der Waals surface area contributed by atoms with Crippen LogP contribution < -0.4 is 0 Å². The fourth-order valence-electron chi connectivity index (χ4n) is 1.97. The molecule has 2 aromatic heterocycles. The number of carboxylic acids is 1. The van der Waals surface area contributed by atoms with Crippen LogP contribution in [0.2, 0.25) is 0 Å². The van der Waals surface area contributed by atoms with Gasteiger partial charge in [-0.25, -0.2) is 9.78 Å². The molecule has 0 fully saturated rings. The molecule has 0 amide bonds. The van der Waals surface area contributed by atoms with Gasteiger partial charge in [-0.3, -0.25) is 4.68 Å². The second kappa shape index (κ2) is 4.87. The summed E-state index contributed by atoms with van der Waals surface area (Å²) in [5.41, 5.74) is 1.97. The Labute approximate surface area is 111 Å². The lowest BCUT2D eigenvalue weighted by Crippen LogP contribution is -2.03. The zero-order valence-corrected chi connectivity index (χ0v) is 11.5. The zero-order chi connectivity index (χ0) is 14.2. The van der Waals surface area contributed by atoms with E-state index in [9.17, 15) is 4.79 Å². The molecule has 2 aromatic rings. The number of aryl methyl sites for hydroxylation is 2. The summed E-state index contributed by atoms with van der Waals surface area (Å²) in [7, 11) is 1.80. The summed E-state index contributed by atoms with van der Waals surface area (Å²) in [6, 6.07) is 0. The molecule has 19 heavy (non-hydrogen) atoms. The van der Waals surface area contributed by atoms with E-state index in [0.29, 0.717) is 23.9 Å². The Kier molecular flexibility index (Phi) is 3.42. The van der Waals surface area contributed by atoms with E-state index in [1.807, 2.05) is 20.8 Å². The van der Waals surface area contributed by atoms with Crippen molar-refractivity contribution in [2.75, 3.05) is 0 Å². The summed E-state index contributed by atoms with van der Waals surface area (Å²) < 4.78 is 7.04. The molecule has 0 atom stereocenters. The van der Waals surface area contributed by atoms with Gasteiger partial charge in [0.05, 0.1) is 17.0 Å². The summed E-state index contributed by atoms with van der Waals surface area (Å²) in [6.07, 6.45) is 2.34. The van der Waals surface area contributed by atoms with Crippen LogP contribution in [0.3, 0.4) is 0 Å². The van der Waals surface area contributed by atoms with E-state index in [4.69, 9.17) is 9.52 Å². The molecule has 2 rings (SSSR count). The van der Waals surface area contributed by atoms with Gasteiger partial charge in [0.1, 0.15) is 0 Å². The average molecular weight is 263 g/mol. The topological polar surface area (TPSA) is 81.2 Å². The molecule has 0 aromatic carbocycles. The van der Waals surface area contributed by atoms with Crippen molar-refractivity contribution in [1.82, 2.24) is 14.8 Å². The average Bonchev–Trinajstić information content (AvgIpc) is 2.81. The highest BCUT2D eigenvalue weighted by Gasteiger charge is 2.22. The van der Waals surface area contributed by atoms with Crippen LogP contribution in [0.25, 0.3) is 11.5 Å². The fraction of sp³-hybridized carbons (Fsp3) is 0.462. The molecule has 0 bridgehead atoms. The minimum atomic E-state index is -1.09. The van der Waals surface area contributed by atoms with Gasteiger partial charge in [0, 0.05) is 13.2 Å². The molecular weight excluding hydrogens is 246 g/mol. The molecule has 6 nitrogen and oxygen atoms in total. The predicted octanol–water partition coefficient (Wildman–Crippen LogP) is 2.28. The summed E-state index contributed by atoms with van der Waals surface area (Å²) in [4.78, 5) is 15.5. The number of nitrogens with zero attached hydrogens (tertiary/aromatic N) is 3. The molecule has 0 spiro atoms. The Morgan fingerprint density at radius 3 is 2.68 bits per heavy atom. The molecule has 0 aliphatic heterocycles. The Balaban J connectivity index is 2.48. The maximum Gasteiger partial charge on any atom is 0.373 e. The van der Waals surface area contributed by atoms with Crippen LogP contribution in [0.5, 0.6) is 0 Å². The number of oxazole rings is 1. The second-order valence-corrected chi connectivity index (χ2v) is 5.00. The van der Waals surface area contributed by atoms with Crippen molar-refractivity contribution in [3.8, 4) is 11.5 Å². The molecule has 1 N–H and O–H groups in total. The fourth-order valence-corrected chi connectivity index (χ4v) is 1.97. The lowest BCUT2D eigenvalue weighted by atomic mass is 10.1. The van der Waals surface area contributed by atoms with Gasteiger partial charge in [-0.05, 0) is 19.3 Å². The lowest BCUT2D eigenvalue weighted by molar-refractivity contribution is 0.0661. The molecule has 0 unspecified atom stereocenters. The number of hydrogen-bond acceptors (Lipinski definition) is 4. The van der Waals surface area contributed by atoms with Crippen LogP contribution in [-0.4, -0.2) is 25.8 Å². The summed E-state index contributed by atoms with van der Waals surface area (Å²) in [6.45, 7) is 5.85. The lowest BCUT2D eigenvalue weighted by Gasteiger charge is -1.99. The van der Waals surface area contributed by atoms with Crippen LogP contribution in [0.4, 0.5) is 0 Å². The first kappa shape index (κ1) is 13.3. The Bertz CT molecular complexity index is 611. The first-order chi connectivity index (χ1) is 8.88. The number of aromatic carboxylic acids is 1. The molecule has 0 aliphatic carbocycles. The molecule has 0 saturated heterocycles. The molecule has 6 heteroatoms. The Morgan fingerprint density at radius 2 is 2.21 bits per heavy atom. The maximum absolute atomic E-state index is 11.2. The van der Waals surface area contributed by atoms with E-state index >= 15 is 0 Å². The number of carboxylic acid groups (broad SMARTS) is 1. The Hall–Kier alpha value is -2.11. The summed E-state index contributed by atoms with van der Waals surface area (Å²) in [5, 5.41) is 13.4. The molecular formula is C13H17N3O3. The smallest absolute Gasteiger partial charge is 0.373 e. The summed E-state index contributed by atoms with van der Waals surface area (Å²) >= 11 is 0. The van der Waals surface area contributed by atoms with Crippen LogP contribution >= 0.6 is 0 Å². The van der Waals surface area contributed by atoms with Crippen LogP contribution in [0.1, 0.15) is 35.8 Å². The normalized spacial score (nSPS) is 11.2. The number of carbonyl (C=O) groups is 1. The van der Waals surface area contributed by atoms with Gasteiger partial charge in [-0.1, -0.05) is 13.8 Å². The van der Waals surface area contributed by atoms with Crippen molar-refractivity contribution in [3.05, 3.63) is 23.3 Å². The third-order valence-electron chi connectivity index (χ3n) is 2.74. The highest BCUT2D eigenvalue weighted by molar-refractivity contribution is 5.86. The zero-order valence-electron chi connectivity index (χ0n) is 11.5. The van der Waals surface area contributed by atoms with E-state index < -0.39 is 5.97 Å². The minimum Gasteiger partial charge on any atom is -0.475 e. The van der Waals surface area contributed by atoms with Gasteiger partial charge >= 0.3 is 5.97 Å². The molecule has 0 aliphatic rings. The quantitative estimate of drug-likeness (QED) is 0.915. The third kappa shape index (κ3) is 2.67. The van der Waals surface area contributed by atoms with E-state index in [0.717, 1.165) is 11.3 Å². The van der Waals surface area contributed by atoms with Gasteiger partial charge in [0.2, 0.25) is 11.7 Å². The maximum atomic E-state index is 11.2. The third-order valence-corrected chi connectivity index (χ3v) is 2.74. The second-order valence-electron chi connectivity index (χ2n) is 5.00. The van der Waals surface area contributed by atoms with Crippen LogP contribution in [0.15, 0.2) is 10.6 Å². The highest BCUT2D eigenvalue weighted by Crippen LogP contribution is 2.25. The van der Waals surface area contributed by atoms with E-state index in [-0.39, 0.29) is 5.76 Å². The van der Waals surface area contributed by atoms with Gasteiger partial charge in [0.15, 0.2) is 0 Å². The Morgan fingerprint density at radius 1 is 1.53 bits per heavy atom. The number of hydrogen-bond donors (Lipinski definition) is 1. The van der Waals surface area contributed by atoms with Crippen molar-refractivity contribution in [2.24, 2.45) is 13.0 Å². The number of rotatable bonds is 4. The van der Waals surface area contributed by atoms with E-state index in [1.54, 1.807) is 17.9 Å². The molecule has 2 heterocycles. The van der Waals surface area contributed by atoms with Crippen molar-refractivity contribution in [3.63, 3.8) is 0 Å². The SMILES string of the molecule is Cc1nn(C)cc1-c1nc(CC(C)C)c(C(=O)O)o1. The van der Waals surface area contributed by atoms with Gasteiger partial charge in [0.25, 0.3) is 0 Å². The minimum absolute atomic E-state index is 0.0769. The first-order valence-electron chi connectivity index (χ1n) is 6.12. The van der Waals surface area contributed by atoms with Crippen molar-refractivity contribution in [1.29, 1.82) is 0 Å². The molecule has 102 valence electrons. The van der Waals surface area contributed by atoms with Crippen LogP contribution in [-0.2, 0) is 13.5 Å². The monoisotopic (exact) mass is 263 g/mol. The van der Waals surface area contributed by atoms with E-state index in [2.05, 4.69) is 10.1 Å². The standard InChI is InChI=1S/C13H17N3O3/c1-7(2)5-10-11(13(17)18)19-12(14-10)9-6-16(4)15-8(9)3/h6-7H,5H2,1-4H3,(H,17,18). The highest BCUT2D eigenvalue weighted by atomic mass is 16.4. The number of aromatic nitrogens is 3.